The number of hydrogen-bond acceptors (Lipinski definition) is 6. The van der Waals surface area contributed by atoms with E-state index in [1.807, 2.05) is 50.5 Å². The Morgan fingerprint density at radius 1 is 1.00 bits per heavy atom. The number of piperidine rings is 1. The number of ether oxygens (including phenoxy) is 2. The number of rotatable bonds is 9. The molecule has 0 saturated carbocycles. The van der Waals surface area contributed by atoms with Crippen LogP contribution >= 0.6 is 0 Å². The van der Waals surface area contributed by atoms with Gasteiger partial charge in [0.15, 0.2) is 0 Å². The molecule has 0 amide bonds. The summed E-state index contributed by atoms with van der Waals surface area (Å²) < 4.78 is 17.9. The van der Waals surface area contributed by atoms with E-state index in [1.165, 1.54) is 12.8 Å². The van der Waals surface area contributed by atoms with Crippen LogP contribution in [0.4, 0.5) is 5.69 Å². The first kappa shape index (κ1) is 27.8. The minimum absolute atomic E-state index is 0.0500. The summed E-state index contributed by atoms with van der Waals surface area (Å²) in [5, 5.41) is 0.783. The highest BCUT2D eigenvalue weighted by Gasteiger charge is 2.28. The lowest BCUT2D eigenvalue weighted by molar-refractivity contribution is 0.180. The summed E-state index contributed by atoms with van der Waals surface area (Å²) in [4.78, 5) is 17.8. The number of fused-ring (bicyclic) bond motifs is 1. The minimum atomic E-state index is -0.394. The third-order valence-corrected chi connectivity index (χ3v) is 8.14. The van der Waals surface area contributed by atoms with Crippen LogP contribution in [0.5, 0.6) is 11.5 Å². The quantitative estimate of drug-likeness (QED) is 0.218. The molecule has 210 valence electrons. The van der Waals surface area contributed by atoms with Crippen molar-refractivity contribution in [1.82, 2.24) is 4.90 Å². The largest absolute Gasteiger partial charge is 0.496 e. The fourth-order valence-electron chi connectivity index (χ4n) is 6.10. The van der Waals surface area contributed by atoms with Gasteiger partial charge in [-0.15, -0.1) is 0 Å². The highest BCUT2D eigenvalue weighted by atomic mass is 16.5. The van der Waals surface area contributed by atoms with Crippen LogP contribution in [0.2, 0.25) is 0 Å². The normalized spacial score (nSPS) is 16.6. The Balaban J connectivity index is 1.72. The van der Waals surface area contributed by atoms with E-state index in [9.17, 15) is 4.79 Å². The summed E-state index contributed by atoms with van der Waals surface area (Å²) in [5.74, 6) is 1.93. The second-order valence-electron chi connectivity index (χ2n) is 11.1. The van der Waals surface area contributed by atoms with Crippen LogP contribution in [0, 0.1) is 5.92 Å². The van der Waals surface area contributed by atoms with Gasteiger partial charge in [0.25, 0.3) is 0 Å². The van der Waals surface area contributed by atoms with Crippen molar-refractivity contribution in [1.29, 1.82) is 0 Å². The average molecular weight is 541 g/mol. The molecular weight excluding hydrogens is 500 g/mol. The molecule has 2 heterocycles. The van der Waals surface area contributed by atoms with Gasteiger partial charge in [-0.1, -0.05) is 49.4 Å². The Morgan fingerprint density at radius 2 is 1.73 bits per heavy atom. The van der Waals surface area contributed by atoms with E-state index in [1.54, 1.807) is 20.3 Å². The van der Waals surface area contributed by atoms with E-state index in [0.29, 0.717) is 23.0 Å². The number of methoxy groups -OCH3 is 2. The maximum Gasteiger partial charge on any atom is 0.336 e. The molecule has 0 spiro atoms. The molecule has 1 aliphatic heterocycles. The molecule has 40 heavy (non-hydrogen) atoms. The Morgan fingerprint density at radius 3 is 2.38 bits per heavy atom. The van der Waals surface area contributed by atoms with Crippen LogP contribution in [0.1, 0.15) is 43.2 Å². The van der Waals surface area contributed by atoms with Crippen LogP contribution in [0.25, 0.3) is 22.1 Å². The molecule has 1 aromatic heterocycles. The predicted octanol–water partition coefficient (Wildman–Crippen LogP) is 6.80. The SMILES string of the molecule is COc1cc(OC)c2c(-c3ccccc3)cc(=O)oc2c1[C@H](CCN1CCC[C@H](C)C1)c1ccc(N(C)C)cc1. The van der Waals surface area contributed by atoms with Crippen molar-refractivity contribution in [2.24, 2.45) is 5.92 Å². The van der Waals surface area contributed by atoms with Gasteiger partial charge in [-0.2, -0.15) is 0 Å². The lowest BCUT2D eigenvalue weighted by Crippen LogP contribution is -2.35. The first-order valence-corrected chi connectivity index (χ1v) is 14.2. The van der Waals surface area contributed by atoms with E-state index in [0.717, 1.165) is 59.4 Å². The number of likely N-dealkylation sites (tertiary alicyclic amines) is 1. The van der Waals surface area contributed by atoms with E-state index in [4.69, 9.17) is 13.9 Å². The van der Waals surface area contributed by atoms with Crippen molar-refractivity contribution in [3.05, 3.63) is 88.3 Å². The van der Waals surface area contributed by atoms with Gasteiger partial charge in [0.1, 0.15) is 17.1 Å². The highest BCUT2D eigenvalue weighted by molar-refractivity contribution is 6.00. The highest BCUT2D eigenvalue weighted by Crippen LogP contribution is 2.46. The molecule has 0 bridgehead atoms. The topological polar surface area (TPSA) is 55.2 Å². The van der Waals surface area contributed by atoms with Crippen molar-refractivity contribution in [2.45, 2.75) is 32.1 Å². The summed E-state index contributed by atoms with van der Waals surface area (Å²) >= 11 is 0. The third kappa shape index (κ3) is 5.73. The molecule has 2 atom stereocenters. The van der Waals surface area contributed by atoms with Gasteiger partial charge < -0.3 is 23.7 Å². The molecule has 3 aromatic carbocycles. The molecule has 0 radical (unpaired) electrons. The average Bonchev–Trinajstić information content (AvgIpc) is 2.97. The zero-order valence-electron chi connectivity index (χ0n) is 24.3. The molecule has 0 N–H and O–H groups in total. The molecule has 1 saturated heterocycles. The standard InChI is InChI=1S/C34H40N2O4/c1-23-10-9-18-36(22-23)19-17-27(25-13-15-26(16-14-25)35(2)3)32-29(38-4)21-30(39-5)33-28(20-31(37)40-34(32)33)24-11-7-6-8-12-24/h6-8,11-16,20-21,23,27H,9-10,17-19,22H2,1-5H3/t23-,27+/m0/s1. The molecule has 1 aliphatic rings. The summed E-state index contributed by atoms with van der Waals surface area (Å²) in [6.45, 7) is 5.51. The summed E-state index contributed by atoms with van der Waals surface area (Å²) in [7, 11) is 7.40. The van der Waals surface area contributed by atoms with Crippen molar-refractivity contribution in [2.75, 3.05) is 52.8 Å². The molecular formula is C34H40N2O4. The zero-order valence-corrected chi connectivity index (χ0v) is 24.3. The van der Waals surface area contributed by atoms with E-state index < -0.39 is 5.63 Å². The molecule has 1 fully saturated rings. The Bertz CT molecular complexity index is 1490. The number of benzene rings is 3. The van der Waals surface area contributed by atoms with Gasteiger partial charge in [-0.3, -0.25) is 0 Å². The minimum Gasteiger partial charge on any atom is -0.496 e. The van der Waals surface area contributed by atoms with E-state index >= 15 is 0 Å². The van der Waals surface area contributed by atoms with Crippen LogP contribution in [0.15, 0.2) is 75.9 Å². The van der Waals surface area contributed by atoms with Crippen LogP contribution in [-0.2, 0) is 0 Å². The Hall–Kier alpha value is -3.77. The van der Waals surface area contributed by atoms with E-state index in [2.05, 4.69) is 41.0 Å². The van der Waals surface area contributed by atoms with Crippen molar-refractivity contribution in [3.8, 4) is 22.6 Å². The summed E-state index contributed by atoms with van der Waals surface area (Å²) in [5.41, 5.74) is 5.04. The maximum absolute atomic E-state index is 13.1. The van der Waals surface area contributed by atoms with Crippen molar-refractivity contribution < 1.29 is 13.9 Å². The van der Waals surface area contributed by atoms with Gasteiger partial charge in [0.05, 0.1) is 19.6 Å². The Labute approximate surface area is 237 Å². The fourth-order valence-corrected chi connectivity index (χ4v) is 6.10. The molecule has 0 unspecified atom stereocenters. The first-order chi connectivity index (χ1) is 19.4. The molecule has 4 aromatic rings. The van der Waals surface area contributed by atoms with E-state index in [-0.39, 0.29) is 5.92 Å². The number of nitrogens with zero attached hydrogens (tertiary/aromatic N) is 2. The lowest BCUT2D eigenvalue weighted by Gasteiger charge is -2.32. The zero-order chi connectivity index (χ0) is 28.2. The molecule has 5 rings (SSSR count). The molecule has 6 heteroatoms. The predicted molar refractivity (Wildman–Crippen MR) is 163 cm³/mol. The summed E-state index contributed by atoms with van der Waals surface area (Å²) in [6.07, 6.45) is 3.38. The fraction of sp³-hybridized carbons (Fsp3) is 0.382. The third-order valence-electron chi connectivity index (χ3n) is 8.14. The Kier molecular flexibility index (Phi) is 8.46. The monoisotopic (exact) mass is 540 g/mol. The van der Waals surface area contributed by atoms with Crippen LogP contribution in [0.3, 0.4) is 0 Å². The second kappa shape index (κ2) is 12.2. The van der Waals surface area contributed by atoms with Crippen LogP contribution < -0.4 is 20.0 Å². The van der Waals surface area contributed by atoms with Gasteiger partial charge in [-0.05, 0) is 61.5 Å². The number of hydrogen-bond donors (Lipinski definition) is 0. The van der Waals surface area contributed by atoms with Crippen molar-refractivity contribution in [3.63, 3.8) is 0 Å². The number of anilines is 1. The summed E-state index contributed by atoms with van der Waals surface area (Å²) in [6, 6.07) is 22.1. The second-order valence-corrected chi connectivity index (χ2v) is 11.1. The smallest absolute Gasteiger partial charge is 0.336 e. The first-order valence-electron chi connectivity index (χ1n) is 14.2. The van der Waals surface area contributed by atoms with Crippen LogP contribution in [-0.4, -0.2) is 52.8 Å². The van der Waals surface area contributed by atoms with Gasteiger partial charge in [0, 0.05) is 55.5 Å². The van der Waals surface area contributed by atoms with Gasteiger partial charge in [0.2, 0.25) is 0 Å². The lowest BCUT2D eigenvalue weighted by atomic mass is 9.85. The van der Waals surface area contributed by atoms with Gasteiger partial charge in [-0.25, -0.2) is 4.79 Å². The van der Waals surface area contributed by atoms with Gasteiger partial charge >= 0.3 is 5.63 Å². The maximum atomic E-state index is 13.1. The van der Waals surface area contributed by atoms with Crippen molar-refractivity contribution >= 4 is 16.7 Å². The molecule has 0 aliphatic carbocycles. The molecule has 6 nitrogen and oxygen atoms in total.